The molecule has 0 fully saturated rings. The van der Waals surface area contributed by atoms with E-state index in [1.54, 1.807) is 70.0 Å². The normalized spacial score (nSPS) is 12.7. The van der Waals surface area contributed by atoms with Crippen LogP contribution in [0.2, 0.25) is 0 Å². The standard InChI is InChI=1S/C23H20N2O5/c1-28-19-11-15(12-20(29-2)21(19)30-3)18-10-14(8-9-24-18)13-25-22(26)16-6-4-5-7-17(16)23(25)27/h4-12H,13H2,1-3H3. The van der Waals surface area contributed by atoms with Gasteiger partial charge in [0.2, 0.25) is 5.75 Å². The third-order valence-corrected chi connectivity index (χ3v) is 5.00. The van der Waals surface area contributed by atoms with Crippen molar-refractivity contribution in [1.82, 2.24) is 9.88 Å². The molecule has 0 saturated carbocycles. The minimum Gasteiger partial charge on any atom is -0.493 e. The molecular weight excluding hydrogens is 384 g/mol. The number of ether oxygens (including phenoxy) is 3. The van der Waals surface area contributed by atoms with Crippen LogP contribution in [0, 0.1) is 0 Å². The van der Waals surface area contributed by atoms with Gasteiger partial charge in [0, 0.05) is 11.8 Å². The predicted molar refractivity (Wildman–Crippen MR) is 110 cm³/mol. The molecule has 2 amide bonds. The number of carbonyl (C=O) groups is 2. The molecule has 0 atom stereocenters. The van der Waals surface area contributed by atoms with Gasteiger partial charge in [-0.15, -0.1) is 0 Å². The topological polar surface area (TPSA) is 78.0 Å². The Bertz CT molecular complexity index is 1080. The van der Waals surface area contributed by atoms with Gasteiger partial charge in [-0.2, -0.15) is 0 Å². The first kappa shape index (κ1) is 19.4. The molecule has 0 spiro atoms. The number of amides is 2. The summed E-state index contributed by atoms with van der Waals surface area (Å²) in [6, 6.07) is 14.1. The van der Waals surface area contributed by atoms with E-state index < -0.39 is 0 Å². The Labute approximate surface area is 173 Å². The van der Waals surface area contributed by atoms with Crippen LogP contribution in [0.5, 0.6) is 17.2 Å². The number of benzene rings is 2. The fourth-order valence-corrected chi connectivity index (χ4v) is 3.52. The lowest BCUT2D eigenvalue weighted by molar-refractivity contribution is 0.0642. The Morgan fingerprint density at radius 1 is 0.833 bits per heavy atom. The number of nitrogens with zero attached hydrogens (tertiary/aromatic N) is 2. The van der Waals surface area contributed by atoms with Gasteiger partial charge < -0.3 is 14.2 Å². The molecule has 2 aromatic carbocycles. The summed E-state index contributed by atoms with van der Waals surface area (Å²) >= 11 is 0. The van der Waals surface area contributed by atoms with Gasteiger partial charge in [-0.05, 0) is 42.0 Å². The highest BCUT2D eigenvalue weighted by Gasteiger charge is 2.35. The molecule has 1 aliphatic heterocycles. The van der Waals surface area contributed by atoms with Gasteiger partial charge in [0.1, 0.15) is 0 Å². The molecule has 7 nitrogen and oxygen atoms in total. The van der Waals surface area contributed by atoms with E-state index in [-0.39, 0.29) is 18.4 Å². The molecule has 0 radical (unpaired) electrons. The average Bonchev–Trinajstić information content (AvgIpc) is 3.03. The molecule has 30 heavy (non-hydrogen) atoms. The summed E-state index contributed by atoms with van der Waals surface area (Å²) in [4.78, 5) is 31.0. The van der Waals surface area contributed by atoms with Crippen molar-refractivity contribution in [2.24, 2.45) is 0 Å². The second kappa shape index (κ2) is 7.87. The minimum absolute atomic E-state index is 0.159. The van der Waals surface area contributed by atoms with Crippen LogP contribution in [0.1, 0.15) is 26.3 Å². The van der Waals surface area contributed by atoms with Crippen molar-refractivity contribution < 1.29 is 23.8 Å². The van der Waals surface area contributed by atoms with Crippen LogP contribution in [0.4, 0.5) is 0 Å². The number of carbonyl (C=O) groups excluding carboxylic acids is 2. The fourth-order valence-electron chi connectivity index (χ4n) is 3.52. The number of pyridine rings is 1. The summed E-state index contributed by atoms with van der Waals surface area (Å²) in [6.07, 6.45) is 1.64. The number of hydrogen-bond acceptors (Lipinski definition) is 6. The molecule has 3 aromatic rings. The fraction of sp³-hybridized carbons (Fsp3) is 0.174. The van der Waals surface area contributed by atoms with E-state index >= 15 is 0 Å². The van der Waals surface area contributed by atoms with Crippen LogP contribution in [0.15, 0.2) is 54.7 Å². The van der Waals surface area contributed by atoms with Crippen molar-refractivity contribution in [2.75, 3.05) is 21.3 Å². The highest BCUT2D eigenvalue weighted by molar-refractivity contribution is 6.21. The van der Waals surface area contributed by atoms with Crippen molar-refractivity contribution in [3.05, 3.63) is 71.4 Å². The van der Waals surface area contributed by atoms with Gasteiger partial charge in [0.25, 0.3) is 11.8 Å². The third kappa shape index (κ3) is 3.24. The zero-order valence-corrected chi connectivity index (χ0v) is 16.8. The van der Waals surface area contributed by atoms with E-state index in [9.17, 15) is 9.59 Å². The lowest BCUT2D eigenvalue weighted by Crippen LogP contribution is -2.29. The first-order chi connectivity index (χ1) is 14.6. The van der Waals surface area contributed by atoms with Crippen molar-refractivity contribution in [1.29, 1.82) is 0 Å². The van der Waals surface area contributed by atoms with Gasteiger partial charge in [0.15, 0.2) is 11.5 Å². The van der Waals surface area contributed by atoms with Crippen LogP contribution < -0.4 is 14.2 Å². The third-order valence-electron chi connectivity index (χ3n) is 5.00. The van der Waals surface area contributed by atoms with E-state index in [0.717, 1.165) is 11.1 Å². The van der Waals surface area contributed by atoms with Gasteiger partial charge in [-0.3, -0.25) is 19.5 Å². The quantitative estimate of drug-likeness (QED) is 0.585. The van der Waals surface area contributed by atoms with E-state index in [1.165, 1.54) is 4.90 Å². The number of fused-ring (bicyclic) bond motifs is 1. The number of rotatable bonds is 6. The average molecular weight is 404 g/mol. The van der Waals surface area contributed by atoms with Crippen LogP contribution >= 0.6 is 0 Å². The molecule has 152 valence electrons. The van der Waals surface area contributed by atoms with Crippen LogP contribution in [-0.2, 0) is 6.54 Å². The molecule has 0 bridgehead atoms. The SMILES string of the molecule is COc1cc(-c2cc(CN3C(=O)c4ccccc4C3=O)ccn2)cc(OC)c1OC. The molecule has 1 aromatic heterocycles. The monoisotopic (exact) mass is 404 g/mol. The van der Waals surface area contributed by atoms with Crippen molar-refractivity contribution in [2.45, 2.75) is 6.54 Å². The Morgan fingerprint density at radius 2 is 1.43 bits per heavy atom. The summed E-state index contributed by atoms with van der Waals surface area (Å²) in [5, 5.41) is 0. The maximum absolute atomic E-state index is 12.6. The van der Waals surface area contributed by atoms with Gasteiger partial charge in [-0.1, -0.05) is 12.1 Å². The summed E-state index contributed by atoms with van der Waals surface area (Å²) in [6.45, 7) is 0.159. The zero-order chi connectivity index (χ0) is 21.3. The lowest BCUT2D eigenvalue weighted by atomic mass is 10.1. The molecule has 4 rings (SSSR count). The highest BCUT2D eigenvalue weighted by Crippen LogP contribution is 2.41. The first-order valence-corrected chi connectivity index (χ1v) is 9.28. The summed E-state index contributed by atoms with van der Waals surface area (Å²) in [5.41, 5.74) is 3.06. The molecule has 1 aliphatic rings. The van der Waals surface area contributed by atoms with Gasteiger partial charge in [-0.25, -0.2) is 0 Å². The van der Waals surface area contributed by atoms with E-state index in [0.29, 0.717) is 34.1 Å². The van der Waals surface area contributed by atoms with E-state index in [2.05, 4.69) is 4.98 Å². The maximum Gasteiger partial charge on any atom is 0.261 e. The maximum atomic E-state index is 12.6. The number of imide groups is 1. The molecule has 0 aliphatic carbocycles. The van der Waals surface area contributed by atoms with Crippen molar-refractivity contribution in [3.63, 3.8) is 0 Å². The van der Waals surface area contributed by atoms with Crippen LogP contribution in [-0.4, -0.2) is 43.0 Å². The Hall–Kier alpha value is -3.87. The molecule has 2 heterocycles. The second-order valence-corrected chi connectivity index (χ2v) is 6.71. The van der Waals surface area contributed by atoms with Crippen molar-refractivity contribution in [3.8, 4) is 28.5 Å². The van der Waals surface area contributed by atoms with Gasteiger partial charge >= 0.3 is 0 Å². The summed E-state index contributed by atoms with van der Waals surface area (Å²) < 4.78 is 16.2. The van der Waals surface area contributed by atoms with Gasteiger partial charge in [0.05, 0.1) is 44.7 Å². The Kier molecular flexibility index (Phi) is 5.10. The molecule has 7 heteroatoms. The lowest BCUT2D eigenvalue weighted by Gasteiger charge is -2.16. The van der Waals surface area contributed by atoms with E-state index in [1.807, 2.05) is 6.07 Å². The first-order valence-electron chi connectivity index (χ1n) is 9.28. The van der Waals surface area contributed by atoms with Crippen molar-refractivity contribution >= 4 is 11.8 Å². The molecule has 0 saturated heterocycles. The van der Waals surface area contributed by atoms with E-state index in [4.69, 9.17) is 14.2 Å². The molecule has 0 unspecified atom stereocenters. The summed E-state index contributed by atoms with van der Waals surface area (Å²) in [7, 11) is 4.64. The minimum atomic E-state index is -0.290. The van der Waals surface area contributed by atoms with Crippen LogP contribution in [0.25, 0.3) is 11.3 Å². The smallest absolute Gasteiger partial charge is 0.261 e. The number of hydrogen-bond donors (Lipinski definition) is 0. The zero-order valence-electron chi connectivity index (χ0n) is 16.8. The Morgan fingerprint density at radius 3 is 1.97 bits per heavy atom. The largest absolute Gasteiger partial charge is 0.493 e. The molecule has 0 N–H and O–H groups in total. The second-order valence-electron chi connectivity index (χ2n) is 6.71. The molecular formula is C23H20N2O5. The predicted octanol–water partition coefficient (Wildman–Crippen LogP) is 3.57. The number of aromatic nitrogens is 1. The highest BCUT2D eigenvalue weighted by atomic mass is 16.5. The summed E-state index contributed by atoms with van der Waals surface area (Å²) in [5.74, 6) is 0.938. The van der Waals surface area contributed by atoms with Crippen LogP contribution in [0.3, 0.4) is 0 Å². The Balaban J connectivity index is 1.66. The number of methoxy groups -OCH3 is 3.